The van der Waals surface area contributed by atoms with Crippen LogP contribution in [-0.2, 0) is 11.5 Å². The molecule has 0 fully saturated rings. The van der Waals surface area contributed by atoms with Crippen molar-refractivity contribution in [3.8, 4) is 0 Å². The molecule has 0 saturated heterocycles. The van der Waals surface area contributed by atoms with Crippen molar-refractivity contribution in [3.63, 3.8) is 0 Å². The van der Waals surface area contributed by atoms with Crippen molar-refractivity contribution < 1.29 is 4.74 Å². The van der Waals surface area contributed by atoms with E-state index in [2.05, 4.69) is 29.6 Å². The predicted molar refractivity (Wildman–Crippen MR) is 87.7 cm³/mol. The summed E-state index contributed by atoms with van der Waals surface area (Å²) in [5.74, 6) is 0. The van der Waals surface area contributed by atoms with Crippen LogP contribution < -0.4 is 5.56 Å². The Kier molecular flexibility index (Phi) is 4.80. The van der Waals surface area contributed by atoms with E-state index in [9.17, 15) is 4.79 Å². The average Bonchev–Trinajstić information content (AvgIpc) is 2.36. The van der Waals surface area contributed by atoms with Gasteiger partial charge in [0.15, 0.2) is 5.15 Å². The van der Waals surface area contributed by atoms with Crippen LogP contribution in [0.5, 0.6) is 0 Å². The van der Waals surface area contributed by atoms with E-state index in [0.29, 0.717) is 23.2 Å². The first-order valence-corrected chi connectivity index (χ1v) is 11.0. The number of halogens is 1. The summed E-state index contributed by atoms with van der Waals surface area (Å²) in [6.45, 7) is 9.54. The summed E-state index contributed by atoms with van der Waals surface area (Å²) in [7, 11) is -1.12. The van der Waals surface area contributed by atoms with Gasteiger partial charge >= 0.3 is 0 Å². The van der Waals surface area contributed by atoms with E-state index in [1.807, 2.05) is 0 Å². The molecule has 0 bridgehead atoms. The Morgan fingerprint density at radius 1 is 1.38 bits per heavy atom. The van der Waals surface area contributed by atoms with Gasteiger partial charge in [-0.15, -0.1) is 0 Å². The van der Waals surface area contributed by atoms with E-state index in [1.54, 1.807) is 13.0 Å². The lowest BCUT2D eigenvalue weighted by Crippen LogP contribution is -2.25. The molecule has 114 valence electrons. The number of fused-ring (bicyclic) bond motifs is 1. The molecule has 0 aliphatic rings. The molecule has 0 unspecified atom stereocenters. The monoisotopic (exact) mass is 325 g/mol. The molecule has 2 rings (SSSR count). The van der Waals surface area contributed by atoms with Crippen molar-refractivity contribution in [2.75, 3.05) is 6.61 Å². The molecule has 0 aromatic carbocycles. The summed E-state index contributed by atoms with van der Waals surface area (Å²) >= 11 is 6.02. The van der Waals surface area contributed by atoms with Gasteiger partial charge in [0.05, 0.1) is 5.39 Å². The summed E-state index contributed by atoms with van der Waals surface area (Å²) in [6, 6.07) is 2.77. The maximum atomic E-state index is 12.4. The van der Waals surface area contributed by atoms with E-state index < -0.39 is 8.07 Å². The molecular formula is C14H20ClN3O2Si. The molecule has 5 nitrogen and oxygen atoms in total. The lowest BCUT2D eigenvalue weighted by molar-refractivity contribution is 0.0844. The normalized spacial score (nSPS) is 12.0. The lowest BCUT2D eigenvalue weighted by atomic mass is 10.2. The number of ether oxygens (including phenoxy) is 1. The first-order valence-electron chi connectivity index (χ1n) is 6.88. The van der Waals surface area contributed by atoms with Gasteiger partial charge in [0.25, 0.3) is 5.56 Å². The van der Waals surface area contributed by atoms with Crippen molar-refractivity contribution in [3.05, 3.63) is 33.6 Å². The largest absolute Gasteiger partial charge is 0.361 e. The third-order valence-corrected chi connectivity index (χ3v) is 5.09. The Hall–Kier alpha value is -1.24. The van der Waals surface area contributed by atoms with Crippen LogP contribution in [0, 0.1) is 6.92 Å². The van der Waals surface area contributed by atoms with Gasteiger partial charge in [-0.25, -0.2) is 9.97 Å². The summed E-state index contributed by atoms with van der Waals surface area (Å²) in [5.41, 5.74) is 0.981. The molecule has 0 aliphatic heterocycles. The van der Waals surface area contributed by atoms with Gasteiger partial charge < -0.3 is 4.74 Å². The van der Waals surface area contributed by atoms with Crippen molar-refractivity contribution in [2.24, 2.45) is 0 Å². The Balaban J connectivity index is 2.19. The van der Waals surface area contributed by atoms with Crippen molar-refractivity contribution in [1.82, 2.24) is 14.5 Å². The molecule has 2 aromatic rings. The highest BCUT2D eigenvalue weighted by Gasteiger charge is 2.13. The third-order valence-electron chi connectivity index (χ3n) is 3.12. The minimum atomic E-state index is -1.12. The van der Waals surface area contributed by atoms with Crippen LogP contribution >= 0.6 is 11.6 Å². The minimum Gasteiger partial charge on any atom is -0.361 e. The maximum Gasteiger partial charge on any atom is 0.263 e. The zero-order valence-electron chi connectivity index (χ0n) is 12.8. The molecule has 2 aromatic heterocycles. The van der Waals surface area contributed by atoms with E-state index in [1.165, 1.54) is 10.9 Å². The fourth-order valence-corrected chi connectivity index (χ4v) is 2.92. The summed E-state index contributed by atoms with van der Waals surface area (Å²) in [4.78, 5) is 20.7. The number of pyridine rings is 1. The number of hydrogen-bond donors (Lipinski definition) is 0. The van der Waals surface area contributed by atoms with Gasteiger partial charge in [0.2, 0.25) is 0 Å². The van der Waals surface area contributed by atoms with Crippen LogP contribution in [0.15, 0.2) is 17.2 Å². The summed E-state index contributed by atoms with van der Waals surface area (Å²) in [6.07, 6.45) is 1.46. The molecule has 0 spiro atoms. The van der Waals surface area contributed by atoms with Crippen LogP contribution in [0.2, 0.25) is 30.8 Å². The van der Waals surface area contributed by atoms with Crippen LogP contribution in [0.25, 0.3) is 10.9 Å². The molecule has 0 amide bonds. The number of rotatable bonds is 5. The number of aryl methyl sites for hydroxylation is 1. The smallest absolute Gasteiger partial charge is 0.263 e. The molecule has 0 radical (unpaired) electrons. The van der Waals surface area contributed by atoms with Gasteiger partial charge in [-0.2, -0.15) is 0 Å². The van der Waals surface area contributed by atoms with E-state index in [4.69, 9.17) is 16.3 Å². The highest BCUT2D eigenvalue weighted by Crippen LogP contribution is 2.17. The van der Waals surface area contributed by atoms with Gasteiger partial charge in [-0.1, -0.05) is 31.2 Å². The number of aromatic nitrogens is 3. The second-order valence-corrected chi connectivity index (χ2v) is 12.3. The Morgan fingerprint density at radius 3 is 2.76 bits per heavy atom. The summed E-state index contributed by atoms with van der Waals surface area (Å²) < 4.78 is 7.06. The van der Waals surface area contributed by atoms with Crippen LogP contribution in [0.3, 0.4) is 0 Å². The van der Waals surface area contributed by atoms with Crippen molar-refractivity contribution >= 4 is 30.6 Å². The first-order chi connectivity index (χ1) is 9.78. The Labute approximate surface area is 129 Å². The third kappa shape index (κ3) is 4.12. The van der Waals surface area contributed by atoms with Crippen LogP contribution in [0.1, 0.15) is 5.69 Å². The average molecular weight is 326 g/mol. The lowest BCUT2D eigenvalue weighted by Gasteiger charge is -2.15. The van der Waals surface area contributed by atoms with Gasteiger partial charge in [-0.3, -0.25) is 9.36 Å². The molecule has 7 heteroatoms. The molecule has 0 aliphatic carbocycles. The molecule has 2 heterocycles. The Bertz CT molecular complexity index is 710. The highest BCUT2D eigenvalue weighted by molar-refractivity contribution is 6.76. The SMILES string of the molecule is Cc1cc2c(=O)n(COCC[Si](C)(C)C)cnc2c(Cl)n1. The van der Waals surface area contributed by atoms with E-state index in [0.717, 1.165) is 6.04 Å². The standard InChI is InChI=1S/C14H20ClN3O2Si/c1-10-7-11-12(13(15)17-10)16-8-18(14(11)19)9-20-5-6-21(2,3)4/h7-8H,5-6,9H2,1-4H3. The molecule has 0 N–H and O–H groups in total. The van der Waals surface area contributed by atoms with Crippen LogP contribution in [-0.4, -0.2) is 29.2 Å². The van der Waals surface area contributed by atoms with E-state index in [-0.39, 0.29) is 17.4 Å². The fraction of sp³-hybridized carbons (Fsp3) is 0.500. The maximum absolute atomic E-state index is 12.4. The van der Waals surface area contributed by atoms with E-state index >= 15 is 0 Å². The zero-order valence-corrected chi connectivity index (χ0v) is 14.6. The van der Waals surface area contributed by atoms with Crippen LogP contribution in [0.4, 0.5) is 0 Å². The molecule has 0 atom stereocenters. The molecule has 0 saturated carbocycles. The number of nitrogens with zero attached hydrogens (tertiary/aromatic N) is 3. The van der Waals surface area contributed by atoms with Gasteiger partial charge in [0, 0.05) is 20.4 Å². The van der Waals surface area contributed by atoms with Crippen molar-refractivity contribution in [1.29, 1.82) is 0 Å². The fourth-order valence-electron chi connectivity index (χ4n) is 1.88. The molecular weight excluding hydrogens is 306 g/mol. The predicted octanol–water partition coefficient (Wildman–Crippen LogP) is 3.07. The minimum absolute atomic E-state index is 0.152. The highest BCUT2D eigenvalue weighted by atomic mass is 35.5. The number of hydrogen-bond acceptors (Lipinski definition) is 4. The summed E-state index contributed by atoms with van der Waals surface area (Å²) in [5, 5.41) is 0.734. The second-order valence-electron chi connectivity index (χ2n) is 6.32. The zero-order chi connectivity index (χ0) is 15.6. The van der Waals surface area contributed by atoms with Gasteiger partial charge in [0.1, 0.15) is 18.6 Å². The van der Waals surface area contributed by atoms with Crippen molar-refractivity contribution in [2.45, 2.75) is 39.3 Å². The topological polar surface area (TPSA) is 57.0 Å². The van der Waals surface area contributed by atoms with Gasteiger partial charge in [-0.05, 0) is 19.0 Å². The Morgan fingerprint density at radius 2 is 2.10 bits per heavy atom. The second kappa shape index (κ2) is 6.25. The quantitative estimate of drug-likeness (QED) is 0.481. The molecule has 21 heavy (non-hydrogen) atoms. The first kappa shape index (κ1) is 16.1.